The van der Waals surface area contributed by atoms with Crippen molar-refractivity contribution in [2.45, 2.75) is 64.1 Å². The minimum Gasteiger partial charge on any atom is -0.381 e. The zero-order valence-corrected chi connectivity index (χ0v) is 13.7. The number of nitrogens with zero attached hydrogens (tertiary/aromatic N) is 1. The normalized spacial score (nSPS) is 26.5. The lowest BCUT2D eigenvalue weighted by molar-refractivity contribution is -0.144. The molecule has 1 amide bonds. The lowest BCUT2D eigenvalue weighted by atomic mass is 9.84. The Hall–Kier alpha value is -0.650. The molecule has 0 aromatic carbocycles. The smallest absolute Gasteiger partial charge is 0.239 e. The average molecular weight is 298 g/mol. The van der Waals surface area contributed by atoms with Gasteiger partial charge in [-0.15, -0.1) is 0 Å². The van der Waals surface area contributed by atoms with Gasteiger partial charge in [0.25, 0.3) is 0 Å². The third kappa shape index (κ3) is 4.18. The highest BCUT2D eigenvalue weighted by atomic mass is 16.5. The number of nitrogens with one attached hydrogen (secondary N) is 1. The molecule has 0 radical (unpaired) electrons. The van der Waals surface area contributed by atoms with Gasteiger partial charge < -0.3 is 19.7 Å². The van der Waals surface area contributed by atoms with Crippen molar-refractivity contribution in [3.05, 3.63) is 0 Å². The largest absolute Gasteiger partial charge is 0.381 e. The zero-order chi connectivity index (χ0) is 15.3. The van der Waals surface area contributed by atoms with Crippen LogP contribution in [0.25, 0.3) is 0 Å². The predicted molar refractivity (Wildman–Crippen MR) is 82.3 cm³/mol. The third-order valence-corrected chi connectivity index (χ3v) is 4.83. The number of hydrogen-bond donors (Lipinski definition) is 1. The van der Waals surface area contributed by atoms with Crippen LogP contribution in [0.3, 0.4) is 0 Å². The lowest BCUT2D eigenvalue weighted by Crippen LogP contribution is -2.54. The Bertz CT molecular complexity index is 333. The summed E-state index contributed by atoms with van der Waals surface area (Å²) in [6.07, 6.45) is 3.93. The van der Waals surface area contributed by atoms with Crippen LogP contribution in [0.15, 0.2) is 0 Å². The highest BCUT2D eigenvalue weighted by Gasteiger charge is 2.39. The molecule has 2 atom stereocenters. The van der Waals surface area contributed by atoms with Crippen LogP contribution >= 0.6 is 0 Å². The van der Waals surface area contributed by atoms with Crippen LogP contribution in [0.5, 0.6) is 0 Å². The van der Waals surface area contributed by atoms with E-state index in [-0.39, 0.29) is 17.6 Å². The first-order valence-corrected chi connectivity index (χ1v) is 8.37. The van der Waals surface area contributed by atoms with Crippen molar-refractivity contribution in [1.82, 2.24) is 10.2 Å². The second-order valence-electron chi connectivity index (χ2n) is 6.23. The molecule has 2 aliphatic rings. The van der Waals surface area contributed by atoms with Gasteiger partial charge in [-0.3, -0.25) is 4.79 Å². The van der Waals surface area contributed by atoms with E-state index in [1.54, 1.807) is 0 Å². The second-order valence-corrected chi connectivity index (χ2v) is 6.23. The summed E-state index contributed by atoms with van der Waals surface area (Å²) in [6.45, 7) is 9.95. The van der Waals surface area contributed by atoms with Crippen molar-refractivity contribution >= 4 is 5.91 Å². The summed E-state index contributed by atoms with van der Waals surface area (Å²) in [7, 11) is 0. The molecular formula is C16H30N2O3. The summed E-state index contributed by atoms with van der Waals surface area (Å²) in [6, 6.07) is 0.247. The van der Waals surface area contributed by atoms with Crippen molar-refractivity contribution in [2.75, 3.05) is 32.9 Å². The molecule has 0 aromatic rings. The van der Waals surface area contributed by atoms with Gasteiger partial charge in [0.1, 0.15) is 0 Å². The van der Waals surface area contributed by atoms with Crippen molar-refractivity contribution < 1.29 is 14.3 Å². The molecule has 2 saturated heterocycles. The molecule has 1 N–H and O–H groups in total. The van der Waals surface area contributed by atoms with Crippen molar-refractivity contribution in [3.8, 4) is 0 Å². The lowest BCUT2D eigenvalue weighted by Gasteiger charge is -2.44. The minimum atomic E-state index is -0.120. The van der Waals surface area contributed by atoms with Crippen molar-refractivity contribution in [2.24, 2.45) is 0 Å². The number of amides is 1. The molecule has 0 aliphatic carbocycles. The molecule has 2 unspecified atom stereocenters. The molecule has 0 saturated carbocycles. The van der Waals surface area contributed by atoms with E-state index >= 15 is 0 Å². The highest BCUT2D eigenvalue weighted by molar-refractivity contribution is 5.81. The van der Waals surface area contributed by atoms with Crippen LogP contribution in [-0.2, 0) is 14.3 Å². The fourth-order valence-corrected chi connectivity index (χ4v) is 3.50. The molecule has 2 aliphatic heterocycles. The first kappa shape index (κ1) is 16.7. The summed E-state index contributed by atoms with van der Waals surface area (Å²) in [4.78, 5) is 14.2. The number of carbonyl (C=O) groups excluding carboxylic acids is 1. The molecule has 0 aromatic heterocycles. The van der Waals surface area contributed by atoms with Crippen LogP contribution in [0.4, 0.5) is 0 Å². The number of hydrogen-bond acceptors (Lipinski definition) is 4. The monoisotopic (exact) mass is 298 g/mol. The standard InChI is InChI=1S/C16H30N2O3/c1-4-18(5-2)15(19)13(3)17-14-6-9-21-16(12-14)7-10-20-11-8-16/h13-14,17H,4-12H2,1-3H3. The summed E-state index contributed by atoms with van der Waals surface area (Å²) in [5, 5.41) is 3.53. The maximum atomic E-state index is 12.4. The summed E-state index contributed by atoms with van der Waals surface area (Å²) >= 11 is 0. The Morgan fingerprint density at radius 1 is 1.29 bits per heavy atom. The van der Waals surface area contributed by atoms with Crippen LogP contribution in [-0.4, -0.2) is 61.4 Å². The fraction of sp³-hybridized carbons (Fsp3) is 0.938. The molecule has 5 nitrogen and oxygen atoms in total. The van der Waals surface area contributed by atoms with Gasteiger partial charge in [0.2, 0.25) is 5.91 Å². The first-order chi connectivity index (χ1) is 10.1. The number of rotatable bonds is 5. The SMILES string of the molecule is CCN(CC)C(=O)C(C)NC1CCOC2(CCOCC2)C1. The van der Waals surface area contributed by atoms with E-state index in [1.807, 2.05) is 25.7 Å². The van der Waals surface area contributed by atoms with E-state index in [4.69, 9.17) is 9.47 Å². The molecule has 2 heterocycles. The van der Waals surface area contributed by atoms with Crippen LogP contribution in [0, 0.1) is 0 Å². The summed E-state index contributed by atoms with van der Waals surface area (Å²) in [5.74, 6) is 0.201. The Morgan fingerprint density at radius 3 is 2.57 bits per heavy atom. The quantitative estimate of drug-likeness (QED) is 0.837. The van der Waals surface area contributed by atoms with E-state index in [1.165, 1.54) is 0 Å². The van der Waals surface area contributed by atoms with Crippen LogP contribution < -0.4 is 5.32 Å². The molecule has 21 heavy (non-hydrogen) atoms. The Balaban J connectivity index is 1.88. The van der Waals surface area contributed by atoms with Crippen molar-refractivity contribution in [3.63, 3.8) is 0 Å². The summed E-state index contributed by atoms with van der Waals surface area (Å²) in [5.41, 5.74) is -0.0217. The van der Waals surface area contributed by atoms with Crippen LogP contribution in [0.2, 0.25) is 0 Å². The van der Waals surface area contributed by atoms with E-state index in [0.717, 1.165) is 58.6 Å². The molecule has 1 spiro atoms. The van der Waals surface area contributed by atoms with Gasteiger partial charge in [0.15, 0.2) is 0 Å². The van der Waals surface area contributed by atoms with Gasteiger partial charge in [-0.25, -0.2) is 0 Å². The average Bonchev–Trinajstić information content (AvgIpc) is 2.49. The Morgan fingerprint density at radius 2 is 1.95 bits per heavy atom. The zero-order valence-electron chi connectivity index (χ0n) is 13.7. The van der Waals surface area contributed by atoms with E-state index in [9.17, 15) is 4.79 Å². The van der Waals surface area contributed by atoms with Crippen LogP contribution in [0.1, 0.15) is 46.5 Å². The van der Waals surface area contributed by atoms with E-state index in [0.29, 0.717) is 6.04 Å². The number of carbonyl (C=O) groups is 1. The minimum absolute atomic E-state index is 0.0217. The van der Waals surface area contributed by atoms with Gasteiger partial charge in [0.05, 0.1) is 11.6 Å². The molecule has 122 valence electrons. The van der Waals surface area contributed by atoms with Gasteiger partial charge in [-0.2, -0.15) is 0 Å². The predicted octanol–water partition coefficient (Wildman–Crippen LogP) is 1.56. The summed E-state index contributed by atoms with van der Waals surface area (Å²) < 4.78 is 11.5. The molecule has 2 fully saturated rings. The fourth-order valence-electron chi connectivity index (χ4n) is 3.50. The van der Waals surface area contributed by atoms with Gasteiger partial charge >= 0.3 is 0 Å². The van der Waals surface area contributed by atoms with E-state index < -0.39 is 0 Å². The topological polar surface area (TPSA) is 50.8 Å². The maximum Gasteiger partial charge on any atom is 0.239 e. The third-order valence-electron chi connectivity index (χ3n) is 4.83. The molecular weight excluding hydrogens is 268 g/mol. The molecule has 5 heteroatoms. The maximum absolute atomic E-state index is 12.4. The highest BCUT2D eigenvalue weighted by Crippen LogP contribution is 2.34. The molecule has 2 rings (SSSR count). The van der Waals surface area contributed by atoms with Gasteiger partial charge in [-0.1, -0.05) is 0 Å². The van der Waals surface area contributed by atoms with Gasteiger partial charge in [-0.05, 0) is 46.5 Å². The first-order valence-electron chi connectivity index (χ1n) is 8.37. The Kier molecular flexibility index (Phi) is 6.02. The second kappa shape index (κ2) is 7.56. The Labute approximate surface area is 128 Å². The number of ether oxygens (including phenoxy) is 2. The van der Waals surface area contributed by atoms with Gasteiger partial charge in [0, 0.05) is 39.0 Å². The number of likely N-dealkylation sites (N-methyl/N-ethyl adjacent to an activating group) is 1. The van der Waals surface area contributed by atoms with E-state index in [2.05, 4.69) is 5.32 Å². The molecule has 0 bridgehead atoms. The van der Waals surface area contributed by atoms with Crippen molar-refractivity contribution in [1.29, 1.82) is 0 Å².